The Kier molecular flexibility index (Phi) is 15.4. The molecule has 6 atom stereocenters. The predicted octanol–water partition coefficient (Wildman–Crippen LogP) is 0.926. The molecule has 2 aromatic rings. The number of nitrogens with one attached hydrogen (secondary N) is 5. The van der Waals surface area contributed by atoms with E-state index in [1.54, 1.807) is 38.1 Å². The molecule has 1 heterocycles. The molecule has 0 unspecified atom stereocenters. The molecule has 0 aromatic heterocycles. The molecular weight excluding hydrogens is 653 g/mol. The largest absolute Gasteiger partial charge is 0.343 e. The summed E-state index contributed by atoms with van der Waals surface area (Å²) in [5, 5.41) is 13.3. The van der Waals surface area contributed by atoms with Crippen molar-refractivity contribution in [2.75, 3.05) is 17.8 Å². The van der Waals surface area contributed by atoms with Gasteiger partial charge in [0.25, 0.3) is 0 Å². The third-order valence-electron chi connectivity index (χ3n) is 7.73. The van der Waals surface area contributed by atoms with E-state index in [1.165, 1.54) is 18.7 Å². The second-order valence-electron chi connectivity index (χ2n) is 12.1. The zero-order valence-corrected chi connectivity index (χ0v) is 29.3. The summed E-state index contributed by atoms with van der Waals surface area (Å²) in [5.41, 5.74) is 7.30. The van der Waals surface area contributed by atoms with Gasteiger partial charge in [0.2, 0.25) is 34.7 Å². The Hall–Kier alpha value is -3.88. The minimum atomic E-state index is -1.23. The first-order valence-electron chi connectivity index (χ1n) is 15.9. The van der Waals surface area contributed by atoms with Crippen LogP contribution >= 0.6 is 23.5 Å². The summed E-state index contributed by atoms with van der Waals surface area (Å²) in [6, 6.07) is 11.8. The molecule has 7 N–H and O–H groups in total. The number of benzene rings is 2. The van der Waals surface area contributed by atoms with E-state index in [2.05, 4.69) is 26.6 Å². The lowest BCUT2D eigenvalue weighted by atomic mass is 10.0. The summed E-state index contributed by atoms with van der Waals surface area (Å²) in [7, 11) is 0. The SMILES string of the molecule is CSCC[C@@H]1NC(=O)[C@H](Cc2ccccc2)NC(=O)[C@@H](NC(=O)[C@H](C)N)CSC(=O)[C@H](C(C)C)NC(=O)[C@H](Cc2ccccc2)NC1=O. The smallest absolute Gasteiger partial charge is 0.244 e. The van der Waals surface area contributed by atoms with Crippen molar-refractivity contribution >= 4 is 58.2 Å². The third kappa shape index (κ3) is 12.0. The molecule has 12 nitrogen and oxygen atoms in total. The summed E-state index contributed by atoms with van der Waals surface area (Å²) in [6.07, 6.45) is 2.36. The van der Waals surface area contributed by atoms with Gasteiger partial charge < -0.3 is 32.3 Å². The Bertz CT molecular complexity index is 1410. The van der Waals surface area contributed by atoms with Gasteiger partial charge in [-0.3, -0.25) is 28.8 Å². The molecule has 0 saturated carbocycles. The normalized spacial score (nSPS) is 23.8. The van der Waals surface area contributed by atoms with E-state index in [4.69, 9.17) is 5.73 Å². The molecule has 1 saturated heterocycles. The molecule has 1 fully saturated rings. The number of nitrogens with two attached hydrogens (primary N) is 1. The van der Waals surface area contributed by atoms with Crippen LogP contribution in [0.15, 0.2) is 60.7 Å². The predicted molar refractivity (Wildman–Crippen MR) is 189 cm³/mol. The van der Waals surface area contributed by atoms with Gasteiger partial charge >= 0.3 is 0 Å². The van der Waals surface area contributed by atoms with Crippen LogP contribution in [0.25, 0.3) is 0 Å². The van der Waals surface area contributed by atoms with E-state index in [1.807, 2.05) is 42.7 Å². The summed E-state index contributed by atoms with van der Waals surface area (Å²) < 4.78 is 0. The lowest BCUT2D eigenvalue weighted by Crippen LogP contribution is -2.61. The molecule has 2 aromatic carbocycles. The highest BCUT2D eigenvalue weighted by atomic mass is 32.2. The van der Waals surface area contributed by atoms with Gasteiger partial charge in [-0.2, -0.15) is 11.8 Å². The summed E-state index contributed by atoms with van der Waals surface area (Å²) >= 11 is 2.26. The average molecular weight is 699 g/mol. The quantitative estimate of drug-likeness (QED) is 0.210. The number of thioether (sulfide) groups is 2. The van der Waals surface area contributed by atoms with Gasteiger partial charge in [-0.1, -0.05) is 86.3 Å². The maximum absolute atomic E-state index is 13.9. The molecule has 14 heteroatoms. The Morgan fingerprint density at radius 3 is 1.77 bits per heavy atom. The zero-order valence-electron chi connectivity index (χ0n) is 27.7. The molecule has 0 spiro atoms. The van der Waals surface area contributed by atoms with Crippen molar-refractivity contribution in [2.45, 2.75) is 76.3 Å². The van der Waals surface area contributed by atoms with Crippen LogP contribution in [0, 0.1) is 5.92 Å². The second kappa shape index (κ2) is 19.2. The van der Waals surface area contributed by atoms with Crippen molar-refractivity contribution in [2.24, 2.45) is 11.7 Å². The highest BCUT2D eigenvalue weighted by Gasteiger charge is 2.35. The molecule has 0 bridgehead atoms. The zero-order chi connectivity index (χ0) is 35.2. The Morgan fingerprint density at radius 2 is 1.27 bits per heavy atom. The van der Waals surface area contributed by atoms with Crippen LogP contribution < -0.4 is 32.3 Å². The van der Waals surface area contributed by atoms with E-state index in [9.17, 15) is 28.8 Å². The first-order chi connectivity index (χ1) is 22.9. The van der Waals surface area contributed by atoms with Gasteiger partial charge in [-0.25, -0.2) is 0 Å². The third-order valence-corrected chi connectivity index (χ3v) is 9.41. The Balaban J connectivity index is 2.06. The van der Waals surface area contributed by atoms with E-state index in [0.717, 1.165) is 22.9 Å². The van der Waals surface area contributed by atoms with Crippen molar-refractivity contribution in [1.82, 2.24) is 26.6 Å². The number of amides is 5. The van der Waals surface area contributed by atoms with Gasteiger partial charge in [-0.15, -0.1) is 0 Å². The molecule has 1 aliphatic rings. The van der Waals surface area contributed by atoms with Crippen LogP contribution in [0.1, 0.15) is 38.3 Å². The summed E-state index contributed by atoms with van der Waals surface area (Å²) in [6.45, 7) is 5.01. The minimum Gasteiger partial charge on any atom is -0.343 e. The number of rotatable bonds is 10. The van der Waals surface area contributed by atoms with Crippen molar-refractivity contribution in [1.29, 1.82) is 0 Å². The average Bonchev–Trinajstić information content (AvgIpc) is 3.06. The van der Waals surface area contributed by atoms with Crippen LogP contribution in [0.5, 0.6) is 0 Å². The highest BCUT2D eigenvalue weighted by Crippen LogP contribution is 2.16. The monoisotopic (exact) mass is 698 g/mol. The molecule has 1 aliphatic heterocycles. The maximum atomic E-state index is 13.9. The Labute approximate surface area is 290 Å². The number of carbonyl (C=O) groups is 6. The van der Waals surface area contributed by atoms with Gasteiger partial charge in [0.15, 0.2) is 0 Å². The summed E-state index contributed by atoms with van der Waals surface area (Å²) in [4.78, 5) is 81.3. The van der Waals surface area contributed by atoms with Gasteiger partial charge in [0, 0.05) is 18.6 Å². The number of hydrogen-bond acceptors (Lipinski definition) is 9. The first-order valence-corrected chi connectivity index (χ1v) is 18.3. The molecule has 3 rings (SSSR count). The number of carbonyl (C=O) groups excluding carboxylic acids is 6. The first kappa shape index (κ1) is 38.6. The van der Waals surface area contributed by atoms with Gasteiger partial charge in [0.1, 0.15) is 30.2 Å². The van der Waals surface area contributed by atoms with Crippen LogP contribution in [-0.4, -0.2) is 88.7 Å². The van der Waals surface area contributed by atoms with Crippen LogP contribution in [0.3, 0.4) is 0 Å². The maximum Gasteiger partial charge on any atom is 0.244 e. The van der Waals surface area contributed by atoms with Crippen LogP contribution in [0.2, 0.25) is 0 Å². The van der Waals surface area contributed by atoms with E-state index < -0.39 is 70.9 Å². The van der Waals surface area contributed by atoms with Crippen molar-refractivity contribution in [3.8, 4) is 0 Å². The van der Waals surface area contributed by atoms with Gasteiger partial charge in [0.05, 0.1) is 6.04 Å². The molecule has 260 valence electrons. The van der Waals surface area contributed by atoms with Crippen LogP contribution in [0.4, 0.5) is 0 Å². The molecule has 0 radical (unpaired) electrons. The second-order valence-corrected chi connectivity index (χ2v) is 14.1. The topological polar surface area (TPSA) is 189 Å². The molecule has 48 heavy (non-hydrogen) atoms. The van der Waals surface area contributed by atoms with Gasteiger partial charge in [-0.05, 0) is 42.4 Å². The highest BCUT2D eigenvalue weighted by molar-refractivity contribution is 8.13. The Morgan fingerprint density at radius 1 is 0.792 bits per heavy atom. The van der Waals surface area contributed by atoms with Crippen molar-refractivity contribution in [3.05, 3.63) is 71.8 Å². The van der Waals surface area contributed by atoms with Crippen LogP contribution in [-0.2, 0) is 41.6 Å². The lowest BCUT2D eigenvalue weighted by Gasteiger charge is -2.29. The summed E-state index contributed by atoms with van der Waals surface area (Å²) in [5.74, 6) is -3.07. The number of hydrogen-bond donors (Lipinski definition) is 6. The molecule has 5 amide bonds. The van der Waals surface area contributed by atoms with E-state index in [-0.39, 0.29) is 30.9 Å². The lowest BCUT2D eigenvalue weighted by molar-refractivity contribution is -0.135. The van der Waals surface area contributed by atoms with E-state index in [0.29, 0.717) is 5.75 Å². The fraction of sp³-hybridized carbons (Fsp3) is 0.471. The van der Waals surface area contributed by atoms with E-state index >= 15 is 0 Å². The molecular formula is C34H46N6O6S2. The fourth-order valence-corrected chi connectivity index (χ4v) is 6.48. The fourth-order valence-electron chi connectivity index (χ4n) is 4.93. The minimum absolute atomic E-state index is 0.0871. The van der Waals surface area contributed by atoms with Crippen molar-refractivity contribution in [3.63, 3.8) is 0 Å². The standard InChI is InChI=1S/C34H46N6O6S2/c1-20(2)28-34(46)48-19-27(39-29(41)21(3)35)33(45)38-25(17-22-11-7-5-8-12-22)31(43)36-24(15-16-47-4)30(42)37-26(32(44)40-28)18-23-13-9-6-10-14-23/h5-14,20-21,24-28H,15-19,35H2,1-4H3,(H,36,43)(H,37,42)(H,38,45)(H,39,41)(H,40,44)/t21-,24-,25-,26-,27-,28-/m0/s1. The van der Waals surface area contributed by atoms with Crippen molar-refractivity contribution < 1.29 is 28.8 Å². The molecule has 0 aliphatic carbocycles.